The number of aryl methyl sites for hydroxylation is 1. The van der Waals surface area contributed by atoms with Crippen LogP contribution in [0.25, 0.3) is 0 Å². The van der Waals surface area contributed by atoms with Gasteiger partial charge in [0.1, 0.15) is 18.0 Å². The zero-order chi connectivity index (χ0) is 17.6. The number of rotatable bonds is 5. The molecule has 128 valence electrons. The van der Waals surface area contributed by atoms with Crippen molar-refractivity contribution in [3.05, 3.63) is 83.7 Å². The first-order valence-corrected chi connectivity index (χ1v) is 7.81. The summed E-state index contributed by atoms with van der Waals surface area (Å²) in [6, 6.07) is 14.8. The van der Waals surface area contributed by atoms with Gasteiger partial charge >= 0.3 is 6.03 Å². The summed E-state index contributed by atoms with van der Waals surface area (Å²) >= 11 is 0. The fraction of sp³-hybridized carbons (Fsp3) is 0.167. The van der Waals surface area contributed by atoms with E-state index < -0.39 is 6.04 Å². The second kappa shape index (κ2) is 7.57. The molecule has 2 aromatic carbocycles. The van der Waals surface area contributed by atoms with Gasteiger partial charge in [-0.1, -0.05) is 42.5 Å². The van der Waals surface area contributed by atoms with E-state index >= 15 is 0 Å². The molecule has 0 bridgehead atoms. The summed E-state index contributed by atoms with van der Waals surface area (Å²) in [5.74, 6) is 0.289. The van der Waals surface area contributed by atoms with E-state index in [0.29, 0.717) is 11.4 Å². The van der Waals surface area contributed by atoms with Gasteiger partial charge in [-0.15, -0.1) is 0 Å². The Morgan fingerprint density at radius 3 is 2.60 bits per heavy atom. The number of halogens is 1. The van der Waals surface area contributed by atoms with E-state index in [2.05, 4.69) is 20.7 Å². The van der Waals surface area contributed by atoms with Gasteiger partial charge in [-0.3, -0.25) is 4.68 Å². The third-order valence-electron chi connectivity index (χ3n) is 3.80. The number of hydrogen-bond donors (Lipinski definition) is 2. The molecule has 7 heteroatoms. The summed E-state index contributed by atoms with van der Waals surface area (Å²) in [6.45, 7) is 0.243. The highest BCUT2D eigenvalue weighted by molar-refractivity contribution is 5.75. The van der Waals surface area contributed by atoms with Crippen LogP contribution < -0.4 is 10.6 Å². The van der Waals surface area contributed by atoms with E-state index in [9.17, 15) is 9.18 Å². The minimum absolute atomic E-state index is 0.243. The molecule has 0 aliphatic rings. The minimum atomic E-state index is -0.462. The number of urea groups is 1. The molecule has 0 radical (unpaired) electrons. The molecule has 3 rings (SSSR count). The molecule has 2 amide bonds. The highest BCUT2D eigenvalue weighted by atomic mass is 19.1. The summed E-state index contributed by atoms with van der Waals surface area (Å²) in [5.41, 5.74) is 1.53. The van der Waals surface area contributed by atoms with Crippen LogP contribution in [0.4, 0.5) is 9.18 Å². The van der Waals surface area contributed by atoms with Gasteiger partial charge in [-0.25, -0.2) is 14.2 Å². The van der Waals surface area contributed by atoms with Crippen molar-refractivity contribution >= 4 is 6.03 Å². The van der Waals surface area contributed by atoms with Gasteiger partial charge in [0.25, 0.3) is 0 Å². The summed E-state index contributed by atoms with van der Waals surface area (Å²) in [5, 5.41) is 9.58. The van der Waals surface area contributed by atoms with Crippen molar-refractivity contribution in [2.45, 2.75) is 12.6 Å². The lowest BCUT2D eigenvalue weighted by atomic mass is 9.99. The molecule has 0 spiro atoms. The summed E-state index contributed by atoms with van der Waals surface area (Å²) < 4.78 is 15.2. The maximum atomic E-state index is 13.6. The molecule has 3 aromatic rings. The van der Waals surface area contributed by atoms with Crippen LogP contribution in [-0.2, 0) is 13.6 Å². The molecule has 0 saturated heterocycles. The van der Waals surface area contributed by atoms with Crippen molar-refractivity contribution in [3.8, 4) is 0 Å². The van der Waals surface area contributed by atoms with E-state index in [1.54, 1.807) is 23.9 Å². The predicted molar refractivity (Wildman–Crippen MR) is 91.1 cm³/mol. The van der Waals surface area contributed by atoms with Gasteiger partial charge in [-0.05, 0) is 23.3 Å². The third-order valence-corrected chi connectivity index (χ3v) is 3.80. The Labute approximate surface area is 144 Å². The summed E-state index contributed by atoms with van der Waals surface area (Å²) in [4.78, 5) is 16.4. The standard InChI is InChI=1S/C18H18FN5O/c1-24-16(21-12-22-24)11-20-18(25)23-17(13-6-3-2-4-7-13)14-8-5-9-15(19)10-14/h2-10,12,17H,11H2,1H3,(H2,20,23,25)/t17-/m0/s1. The summed E-state index contributed by atoms with van der Waals surface area (Å²) in [6.07, 6.45) is 1.43. The van der Waals surface area contributed by atoms with E-state index in [1.807, 2.05) is 30.3 Å². The van der Waals surface area contributed by atoms with Crippen LogP contribution >= 0.6 is 0 Å². The maximum Gasteiger partial charge on any atom is 0.315 e. The Kier molecular flexibility index (Phi) is 5.03. The molecule has 0 aliphatic heterocycles. The van der Waals surface area contributed by atoms with Crippen LogP contribution in [0, 0.1) is 5.82 Å². The lowest BCUT2D eigenvalue weighted by Gasteiger charge is -2.20. The van der Waals surface area contributed by atoms with Gasteiger partial charge in [0, 0.05) is 7.05 Å². The quantitative estimate of drug-likeness (QED) is 0.750. The van der Waals surface area contributed by atoms with Crippen LogP contribution in [0.2, 0.25) is 0 Å². The number of benzene rings is 2. The average Bonchev–Trinajstić information content (AvgIpc) is 3.03. The fourth-order valence-corrected chi connectivity index (χ4v) is 2.51. The molecule has 1 heterocycles. The average molecular weight is 339 g/mol. The molecule has 0 fully saturated rings. The van der Waals surface area contributed by atoms with E-state index in [4.69, 9.17) is 0 Å². The monoisotopic (exact) mass is 339 g/mol. The number of carbonyl (C=O) groups is 1. The predicted octanol–water partition coefficient (Wildman–Crippen LogP) is 2.54. The largest absolute Gasteiger partial charge is 0.331 e. The van der Waals surface area contributed by atoms with Crippen LogP contribution in [0.15, 0.2) is 60.9 Å². The number of carbonyl (C=O) groups excluding carboxylic acids is 1. The second-order valence-corrected chi connectivity index (χ2v) is 5.53. The Morgan fingerprint density at radius 2 is 1.92 bits per heavy atom. The van der Waals surface area contributed by atoms with Crippen molar-refractivity contribution in [2.75, 3.05) is 0 Å². The lowest BCUT2D eigenvalue weighted by molar-refractivity contribution is 0.238. The van der Waals surface area contributed by atoms with Crippen molar-refractivity contribution < 1.29 is 9.18 Å². The Balaban J connectivity index is 1.76. The first kappa shape index (κ1) is 16.6. The number of nitrogens with zero attached hydrogens (tertiary/aromatic N) is 3. The van der Waals surface area contributed by atoms with Gasteiger partial charge in [0.2, 0.25) is 0 Å². The third kappa shape index (κ3) is 4.20. The molecule has 0 saturated carbocycles. The van der Waals surface area contributed by atoms with Gasteiger partial charge in [0.15, 0.2) is 0 Å². The van der Waals surface area contributed by atoms with Crippen LogP contribution in [-0.4, -0.2) is 20.8 Å². The molecule has 1 aromatic heterocycles. The molecule has 2 N–H and O–H groups in total. The van der Waals surface area contributed by atoms with Crippen LogP contribution in [0.1, 0.15) is 23.0 Å². The molecule has 6 nitrogen and oxygen atoms in total. The second-order valence-electron chi connectivity index (χ2n) is 5.53. The van der Waals surface area contributed by atoms with Crippen LogP contribution in [0.3, 0.4) is 0 Å². The SMILES string of the molecule is Cn1ncnc1CNC(=O)N[C@@H](c1ccccc1)c1cccc(F)c1. The summed E-state index contributed by atoms with van der Waals surface area (Å²) in [7, 11) is 1.75. The zero-order valence-electron chi connectivity index (χ0n) is 13.7. The van der Waals surface area contributed by atoms with E-state index in [1.165, 1.54) is 18.5 Å². The first-order chi connectivity index (χ1) is 12.1. The zero-order valence-corrected chi connectivity index (χ0v) is 13.7. The minimum Gasteiger partial charge on any atom is -0.331 e. The number of nitrogens with one attached hydrogen (secondary N) is 2. The number of hydrogen-bond acceptors (Lipinski definition) is 3. The van der Waals surface area contributed by atoms with Gasteiger partial charge < -0.3 is 10.6 Å². The fourth-order valence-electron chi connectivity index (χ4n) is 2.51. The van der Waals surface area contributed by atoms with Crippen molar-refractivity contribution in [3.63, 3.8) is 0 Å². The van der Waals surface area contributed by atoms with Crippen molar-refractivity contribution in [1.29, 1.82) is 0 Å². The molecular formula is C18H18FN5O. The number of amides is 2. The Hall–Kier alpha value is -3.22. The molecule has 1 atom stereocenters. The van der Waals surface area contributed by atoms with Crippen molar-refractivity contribution in [2.24, 2.45) is 7.05 Å². The van der Waals surface area contributed by atoms with Gasteiger partial charge in [-0.2, -0.15) is 5.10 Å². The first-order valence-electron chi connectivity index (χ1n) is 7.81. The Morgan fingerprint density at radius 1 is 1.16 bits per heavy atom. The topological polar surface area (TPSA) is 71.8 Å². The highest BCUT2D eigenvalue weighted by Crippen LogP contribution is 2.22. The normalized spacial score (nSPS) is 11.8. The lowest BCUT2D eigenvalue weighted by Crippen LogP contribution is -2.38. The van der Waals surface area contributed by atoms with Gasteiger partial charge in [0.05, 0.1) is 12.6 Å². The molecular weight excluding hydrogens is 321 g/mol. The van der Waals surface area contributed by atoms with E-state index in [-0.39, 0.29) is 18.4 Å². The molecule has 0 aliphatic carbocycles. The number of aromatic nitrogens is 3. The highest BCUT2D eigenvalue weighted by Gasteiger charge is 2.17. The van der Waals surface area contributed by atoms with Crippen molar-refractivity contribution in [1.82, 2.24) is 25.4 Å². The Bertz CT molecular complexity index is 849. The molecule has 0 unspecified atom stereocenters. The molecule has 25 heavy (non-hydrogen) atoms. The van der Waals surface area contributed by atoms with E-state index in [0.717, 1.165) is 5.56 Å². The van der Waals surface area contributed by atoms with Crippen LogP contribution in [0.5, 0.6) is 0 Å². The maximum absolute atomic E-state index is 13.6. The smallest absolute Gasteiger partial charge is 0.315 e.